The Labute approximate surface area is 112 Å². The Morgan fingerprint density at radius 2 is 1.83 bits per heavy atom. The van der Waals surface area contributed by atoms with Gasteiger partial charge in [0, 0.05) is 6.04 Å². The molecule has 3 unspecified atom stereocenters. The lowest BCUT2D eigenvalue weighted by Gasteiger charge is -2.46. The molecule has 1 aliphatic carbocycles. The lowest BCUT2D eigenvalue weighted by atomic mass is 9.73. The average molecular weight is 251 g/mol. The molecule has 18 heavy (non-hydrogen) atoms. The van der Waals surface area contributed by atoms with Crippen LogP contribution in [-0.2, 0) is 0 Å². The van der Waals surface area contributed by atoms with Crippen LogP contribution in [-0.4, -0.2) is 34.7 Å². The van der Waals surface area contributed by atoms with Gasteiger partial charge in [-0.1, -0.05) is 25.0 Å². The van der Waals surface area contributed by atoms with Gasteiger partial charge in [0.2, 0.25) is 0 Å². The molecule has 3 atom stereocenters. The molecule has 1 saturated carbocycles. The number of nitrogens with zero attached hydrogens (tertiary/aromatic N) is 1. The number of hydrogen-bond acceptors (Lipinski definition) is 2. The third kappa shape index (κ3) is 3.16. The van der Waals surface area contributed by atoms with Crippen LogP contribution in [0.15, 0.2) is 12.2 Å². The lowest BCUT2D eigenvalue weighted by molar-refractivity contribution is -0.0684. The first-order chi connectivity index (χ1) is 8.50. The molecule has 2 heteroatoms. The van der Waals surface area contributed by atoms with Crippen LogP contribution in [0.5, 0.6) is 0 Å². The molecule has 2 nitrogen and oxygen atoms in total. The van der Waals surface area contributed by atoms with E-state index in [1.54, 1.807) is 0 Å². The van der Waals surface area contributed by atoms with Gasteiger partial charge in [-0.2, -0.15) is 0 Å². The zero-order chi connectivity index (χ0) is 13.2. The van der Waals surface area contributed by atoms with Crippen molar-refractivity contribution < 1.29 is 5.11 Å². The first-order valence-electron chi connectivity index (χ1n) is 7.62. The summed E-state index contributed by atoms with van der Waals surface area (Å²) in [7, 11) is 0. The van der Waals surface area contributed by atoms with Crippen LogP contribution >= 0.6 is 0 Å². The molecule has 1 aliphatic heterocycles. The monoisotopic (exact) mass is 251 g/mol. The van der Waals surface area contributed by atoms with Gasteiger partial charge in [-0.15, -0.1) is 0 Å². The molecule has 2 rings (SSSR count). The van der Waals surface area contributed by atoms with Crippen LogP contribution in [0.3, 0.4) is 0 Å². The molecule has 1 heterocycles. The van der Waals surface area contributed by atoms with Crippen LogP contribution in [0.1, 0.15) is 58.8 Å². The second kappa shape index (κ2) is 5.75. The molecule has 0 radical (unpaired) electrons. The fraction of sp³-hybridized carbons (Fsp3) is 0.875. The van der Waals surface area contributed by atoms with Crippen LogP contribution in [0, 0.1) is 5.92 Å². The van der Waals surface area contributed by atoms with Crippen molar-refractivity contribution in [2.24, 2.45) is 5.92 Å². The highest BCUT2D eigenvalue weighted by atomic mass is 16.3. The largest absolute Gasteiger partial charge is 0.389 e. The Morgan fingerprint density at radius 3 is 2.39 bits per heavy atom. The van der Waals surface area contributed by atoms with Gasteiger partial charge in [0.05, 0.1) is 5.60 Å². The Kier molecular flexibility index (Phi) is 4.50. The van der Waals surface area contributed by atoms with E-state index in [2.05, 4.69) is 18.4 Å². The predicted octanol–water partition coefficient (Wildman–Crippen LogP) is 3.36. The van der Waals surface area contributed by atoms with Gasteiger partial charge in [-0.05, 0) is 65.0 Å². The molecule has 2 fully saturated rings. The summed E-state index contributed by atoms with van der Waals surface area (Å²) >= 11 is 0. The Morgan fingerprint density at radius 1 is 1.22 bits per heavy atom. The first kappa shape index (κ1) is 14.1. The number of aliphatic hydroxyl groups is 1. The Hall–Kier alpha value is -0.340. The molecular formula is C16H29NO. The van der Waals surface area contributed by atoms with E-state index in [0.717, 1.165) is 19.3 Å². The van der Waals surface area contributed by atoms with Crippen LogP contribution in [0.25, 0.3) is 0 Å². The van der Waals surface area contributed by atoms with Crippen molar-refractivity contribution in [3.63, 3.8) is 0 Å². The van der Waals surface area contributed by atoms with Crippen molar-refractivity contribution in [2.45, 2.75) is 70.4 Å². The van der Waals surface area contributed by atoms with Gasteiger partial charge in [0.15, 0.2) is 0 Å². The molecule has 0 aromatic heterocycles. The van der Waals surface area contributed by atoms with E-state index in [9.17, 15) is 5.11 Å². The minimum atomic E-state index is -0.504. The lowest BCUT2D eigenvalue weighted by Crippen LogP contribution is -2.54. The van der Waals surface area contributed by atoms with Crippen molar-refractivity contribution in [3.8, 4) is 0 Å². The second-order valence-electron chi connectivity index (χ2n) is 6.64. The summed E-state index contributed by atoms with van der Waals surface area (Å²) in [5, 5.41) is 10.7. The summed E-state index contributed by atoms with van der Waals surface area (Å²) in [6.07, 6.45) is 8.43. The van der Waals surface area contributed by atoms with Crippen molar-refractivity contribution in [1.82, 2.24) is 4.90 Å². The summed E-state index contributed by atoms with van der Waals surface area (Å²) < 4.78 is 0. The first-order valence-corrected chi connectivity index (χ1v) is 7.62. The van der Waals surface area contributed by atoms with Gasteiger partial charge in [0.25, 0.3) is 0 Å². The standard InChI is InChI=1S/C16H29NO/c1-13(2)14-8-9-16(3,18)15(12-14)17-10-6-4-5-7-11-17/h14-15,18H,1,4-12H2,2-3H3. The van der Waals surface area contributed by atoms with Crippen LogP contribution in [0.4, 0.5) is 0 Å². The summed E-state index contributed by atoms with van der Waals surface area (Å²) in [5.74, 6) is 0.610. The Balaban J connectivity index is 2.07. The quantitative estimate of drug-likeness (QED) is 0.761. The molecule has 0 spiro atoms. The topological polar surface area (TPSA) is 23.5 Å². The SMILES string of the molecule is C=C(C)C1CCC(C)(O)C(N2CCCCCC2)C1. The summed E-state index contributed by atoms with van der Waals surface area (Å²) in [6.45, 7) is 10.6. The normalized spacial score (nSPS) is 39.3. The molecule has 2 aliphatic rings. The maximum absolute atomic E-state index is 10.7. The van der Waals surface area contributed by atoms with Gasteiger partial charge in [-0.3, -0.25) is 4.90 Å². The average Bonchev–Trinajstić information content (AvgIpc) is 2.56. The summed E-state index contributed by atoms with van der Waals surface area (Å²) in [4.78, 5) is 2.56. The van der Waals surface area contributed by atoms with Crippen molar-refractivity contribution in [3.05, 3.63) is 12.2 Å². The van der Waals surface area contributed by atoms with E-state index in [-0.39, 0.29) is 0 Å². The minimum absolute atomic E-state index is 0.339. The van der Waals surface area contributed by atoms with Gasteiger partial charge in [0.1, 0.15) is 0 Å². The molecule has 1 N–H and O–H groups in total. The van der Waals surface area contributed by atoms with Gasteiger partial charge < -0.3 is 5.11 Å². The van der Waals surface area contributed by atoms with Crippen molar-refractivity contribution in [2.75, 3.05) is 13.1 Å². The molecule has 0 amide bonds. The highest BCUT2D eigenvalue weighted by Crippen LogP contribution is 2.38. The minimum Gasteiger partial charge on any atom is -0.389 e. The molecule has 104 valence electrons. The van der Waals surface area contributed by atoms with E-state index >= 15 is 0 Å². The Bertz CT molecular complexity index is 289. The summed E-state index contributed by atoms with van der Waals surface area (Å²) in [6, 6.07) is 0.339. The maximum atomic E-state index is 10.7. The third-order valence-electron chi connectivity index (χ3n) is 5.00. The third-order valence-corrected chi connectivity index (χ3v) is 5.00. The number of rotatable bonds is 2. The highest BCUT2D eigenvalue weighted by Gasteiger charge is 2.41. The fourth-order valence-electron chi connectivity index (χ4n) is 3.67. The second-order valence-corrected chi connectivity index (χ2v) is 6.64. The van der Waals surface area contributed by atoms with Gasteiger partial charge in [-0.25, -0.2) is 0 Å². The molecule has 0 aromatic rings. The number of likely N-dealkylation sites (tertiary alicyclic amines) is 1. The van der Waals surface area contributed by atoms with E-state index < -0.39 is 5.60 Å². The van der Waals surface area contributed by atoms with Gasteiger partial charge >= 0.3 is 0 Å². The van der Waals surface area contributed by atoms with Crippen LogP contribution in [0.2, 0.25) is 0 Å². The number of hydrogen-bond donors (Lipinski definition) is 1. The van der Waals surface area contributed by atoms with E-state index in [0.29, 0.717) is 12.0 Å². The van der Waals surface area contributed by atoms with Crippen LogP contribution < -0.4 is 0 Å². The zero-order valence-corrected chi connectivity index (χ0v) is 12.1. The highest BCUT2D eigenvalue weighted by molar-refractivity contribution is 5.05. The predicted molar refractivity (Wildman–Crippen MR) is 76.6 cm³/mol. The van der Waals surface area contributed by atoms with Crippen molar-refractivity contribution in [1.29, 1.82) is 0 Å². The summed E-state index contributed by atoms with van der Waals surface area (Å²) in [5.41, 5.74) is 0.793. The zero-order valence-electron chi connectivity index (χ0n) is 12.1. The van der Waals surface area contributed by atoms with Crippen molar-refractivity contribution >= 4 is 0 Å². The smallest absolute Gasteiger partial charge is 0.0774 e. The molecule has 0 aromatic carbocycles. The fourth-order valence-corrected chi connectivity index (χ4v) is 3.67. The van der Waals surface area contributed by atoms with E-state index in [1.165, 1.54) is 44.3 Å². The van der Waals surface area contributed by atoms with E-state index in [1.807, 2.05) is 6.92 Å². The van der Waals surface area contributed by atoms with E-state index in [4.69, 9.17) is 0 Å². The molecule has 1 saturated heterocycles. The molecule has 0 bridgehead atoms. The number of allylic oxidation sites excluding steroid dienone is 1. The molecular weight excluding hydrogens is 222 g/mol. The maximum Gasteiger partial charge on any atom is 0.0774 e.